The van der Waals surface area contributed by atoms with Crippen LogP contribution in [-0.2, 0) is 6.54 Å². The molecule has 0 unspecified atom stereocenters. The van der Waals surface area contributed by atoms with Crippen molar-refractivity contribution >= 4 is 27.4 Å². The molecule has 3 nitrogen and oxygen atoms in total. The highest BCUT2D eigenvalue weighted by Crippen LogP contribution is 2.31. The molecular weight excluding hydrogens is 234 g/mol. The number of aromatic carboxylic acids is 1. The zero-order valence-electron chi connectivity index (χ0n) is 9.93. The second-order valence-corrected chi connectivity index (χ2v) is 5.09. The number of hydrogen-bond acceptors (Lipinski definition) is 3. The largest absolute Gasteiger partial charge is 0.477 e. The van der Waals surface area contributed by atoms with Gasteiger partial charge in [-0.1, -0.05) is 25.1 Å². The van der Waals surface area contributed by atoms with Crippen LogP contribution in [-0.4, -0.2) is 29.6 Å². The van der Waals surface area contributed by atoms with Gasteiger partial charge in [0.05, 0.1) is 0 Å². The van der Waals surface area contributed by atoms with E-state index >= 15 is 0 Å². The molecule has 0 radical (unpaired) electrons. The van der Waals surface area contributed by atoms with Crippen molar-refractivity contribution in [1.82, 2.24) is 4.90 Å². The zero-order chi connectivity index (χ0) is 12.4. The van der Waals surface area contributed by atoms with Crippen molar-refractivity contribution in [3.8, 4) is 0 Å². The normalized spacial score (nSPS) is 11.2. The predicted octanol–water partition coefficient (Wildman–Crippen LogP) is 3.05. The van der Waals surface area contributed by atoms with Crippen LogP contribution in [0.2, 0.25) is 0 Å². The van der Waals surface area contributed by atoms with Gasteiger partial charge < -0.3 is 10.0 Å². The Labute approximate surface area is 104 Å². The topological polar surface area (TPSA) is 40.5 Å². The first kappa shape index (κ1) is 12.1. The highest BCUT2D eigenvalue weighted by Gasteiger charge is 2.17. The van der Waals surface area contributed by atoms with E-state index in [1.807, 2.05) is 31.3 Å². The van der Waals surface area contributed by atoms with Gasteiger partial charge in [-0.2, -0.15) is 0 Å². The van der Waals surface area contributed by atoms with E-state index in [0.29, 0.717) is 11.4 Å². The van der Waals surface area contributed by atoms with Crippen LogP contribution in [0.4, 0.5) is 0 Å². The summed E-state index contributed by atoms with van der Waals surface area (Å²) in [6, 6.07) is 7.87. The molecule has 0 amide bonds. The minimum Gasteiger partial charge on any atom is -0.477 e. The highest BCUT2D eigenvalue weighted by atomic mass is 32.1. The lowest BCUT2D eigenvalue weighted by atomic mass is 10.1. The third-order valence-corrected chi connectivity index (χ3v) is 4.06. The molecule has 0 fully saturated rings. The van der Waals surface area contributed by atoms with Crippen molar-refractivity contribution in [1.29, 1.82) is 0 Å². The van der Waals surface area contributed by atoms with Crippen molar-refractivity contribution in [2.24, 2.45) is 0 Å². The van der Waals surface area contributed by atoms with Crippen molar-refractivity contribution in [3.63, 3.8) is 0 Å². The lowest BCUT2D eigenvalue weighted by Gasteiger charge is -2.13. The van der Waals surface area contributed by atoms with E-state index in [4.69, 9.17) is 0 Å². The van der Waals surface area contributed by atoms with E-state index in [1.54, 1.807) is 0 Å². The smallest absolute Gasteiger partial charge is 0.346 e. The second-order valence-electron chi connectivity index (χ2n) is 4.04. The molecular formula is C13H15NO2S. The molecule has 4 heteroatoms. The Morgan fingerprint density at radius 2 is 2.12 bits per heavy atom. The molecule has 0 saturated carbocycles. The Morgan fingerprint density at radius 3 is 2.76 bits per heavy atom. The van der Waals surface area contributed by atoms with Crippen LogP contribution in [0.15, 0.2) is 24.3 Å². The maximum atomic E-state index is 11.3. The fraction of sp³-hybridized carbons (Fsp3) is 0.308. The minimum atomic E-state index is -0.828. The number of benzene rings is 1. The number of carboxylic acid groups (broad SMARTS) is 1. The molecule has 17 heavy (non-hydrogen) atoms. The molecule has 0 bridgehead atoms. The molecule has 1 aromatic carbocycles. The van der Waals surface area contributed by atoms with Crippen LogP contribution in [0.1, 0.15) is 22.2 Å². The number of fused-ring (bicyclic) bond motifs is 1. The SMILES string of the molecule is CCN(C)Cc1c(C(=O)O)sc2ccccc12. The third kappa shape index (κ3) is 2.33. The Balaban J connectivity index is 2.55. The van der Waals surface area contributed by atoms with Crippen LogP contribution in [0, 0.1) is 0 Å². The van der Waals surface area contributed by atoms with Gasteiger partial charge in [-0.25, -0.2) is 4.79 Å². The van der Waals surface area contributed by atoms with Gasteiger partial charge in [-0.15, -0.1) is 11.3 Å². The number of nitrogens with zero attached hydrogens (tertiary/aromatic N) is 1. The van der Waals surface area contributed by atoms with Crippen LogP contribution >= 0.6 is 11.3 Å². The van der Waals surface area contributed by atoms with Gasteiger partial charge >= 0.3 is 5.97 Å². The summed E-state index contributed by atoms with van der Waals surface area (Å²) in [6.45, 7) is 3.65. The van der Waals surface area contributed by atoms with Crippen LogP contribution < -0.4 is 0 Å². The summed E-state index contributed by atoms with van der Waals surface area (Å²) in [5.74, 6) is -0.828. The number of rotatable bonds is 4. The standard InChI is InChI=1S/C13H15NO2S/c1-3-14(2)8-10-9-6-4-5-7-11(9)17-12(10)13(15)16/h4-7H,3,8H2,1-2H3,(H,15,16). The molecule has 0 aliphatic heterocycles. The molecule has 90 valence electrons. The van der Waals surface area contributed by atoms with Crippen molar-refractivity contribution in [3.05, 3.63) is 34.7 Å². The van der Waals surface area contributed by atoms with Crippen molar-refractivity contribution in [2.45, 2.75) is 13.5 Å². The average molecular weight is 249 g/mol. The van der Waals surface area contributed by atoms with Crippen LogP contribution in [0.3, 0.4) is 0 Å². The molecule has 0 aliphatic carbocycles. The molecule has 0 atom stereocenters. The quantitative estimate of drug-likeness (QED) is 0.905. The van der Waals surface area contributed by atoms with Gasteiger partial charge in [0.1, 0.15) is 4.88 Å². The summed E-state index contributed by atoms with van der Waals surface area (Å²) in [4.78, 5) is 13.8. The van der Waals surface area contributed by atoms with Crippen LogP contribution in [0.5, 0.6) is 0 Å². The summed E-state index contributed by atoms with van der Waals surface area (Å²) in [7, 11) is 2.00. The van der Waals surface area contributed by atoms with E-state index in [2.05, 4.69) is 11.8 Å². The Bertz CT molecular complexity index is 547. The van der Waals surface area contributed by atoms with Gasteiger partial charge in [0.15, 0.2) is 0 Å². The maximum Gasteiger partial charge on any atom is 0.346 e. The number of thiophene rings is 1. The predicted molar refractivity (Wildman–Crippen MR) is 70.8 cm³/mol. The molecule has 2 aromatic rings. The lowest BCUT2D eigenvalue weighted by molar-refractivity contribution is 0.0700. The second kappa shape index (κ2) is 4.85. The Morgan fingerprint density at radius 1 is 1.41 bits per heavy atom. The first-order valence-electron chi connectivity index (χ1n) is 5.55. The van der Waals surface area contributed by atoms with E-state index in [-0.39, 0.29) is 0 Å². The minimum absolute atomic E-state index is 0.464. The van der Waals surface area contributed by atoms with E-state index in [9.17, 15) is 9.90 Å². The Hall–Kier alpha value is -1.39. The molecule has 1 heterocycles. The van der Waals surface area contributed by atoms with Gasteiger partial charge in [0, 0.05) is 11.2 Å². The molecule has 0 spiro atoms. The summed E-state index contributed by atoms with van der Waals surface area (Å²) >= 11 is 1.36. The number of carboxylic acids is 1. The van der Waals surface area contributed by atoms with E-state index < -0.39 is 5.97 Å². The molecule has 1 N–H and O–H groups in total. The fourth-order valence-corrected chi connectivity index (χ4v) is 2.86. The van der Waals surface area contributed by atoms with E-state index in [0.717, 1.165) is 22.2 Å². The number of hydrogen-bond donors (Lipinski definition) is 1. The molecule has 1 aromatic heterocycles. The zero-order valence-corrected chi connectivity index (χ0v) is 10.8. The molecule has 0 aliphatic rings. The first-order chi connectivity index (χ1) is 8.13. The lowest BCUT2D eigenvalue weighted by Crippen LogP contribution is -2.17. The third-order valence-electron chi connectivity index (χ3n) is 2.86. The van der Waals surface area contributed by atoms with Crippen molar-refractivity contribution in [2.75, 3.05) is 13.6 Å². The summed E-state index contributed by atoms with van der Waals surface area (Å²) in [6.07, 6.45) is 0. The van der Waals surface area contributed by atoms with Gasteiger partial charge in [-0.3, -0.25) is 0 Å². The first-order valence-corrected chi connectivity index (χ1v) is 6.37. The van der Waals surface area contributed by atoms with Crippen LogP contribution in [0.25, 0.3) is 10.1 Å². The molecule has 0 saturated heterocycles. The highest BCUT2D eigenvalue weighted by molar-refractivity contribution is 7.21. The van der Waals surface area contributed by atoms with Gasteiger partial charge in [-0.05, 0) is 30.6 Å². The van der Waals surface area contributed by atoms with Crippen molar-refractivity contribution < 1.29 is 9.90 Å². The van der Waals surface area contributed by atoms with Gasteiger partial charge in [0.25, 0.3) is 0 Å². The molecule has 2 rings (SSSR count). The fourth-order valence-electron chi connectivity index (χ4n) is 1.81. The number of carbonyl (C=O) groups is 1. The summed E-state index contributed by atoms with van der Waals surface area (Å²) in [5, 5.41) is 10.3. The van der Waals surface area contributed by atoms with Gasteiger partial charge in [0.2, 0.25) is 0 Å². The average Bonchev–Trinajstić information content (AvgIpc) is 2.68. The Kier molecular flexibility index (Phi) is 3.45. The summed E-state index contributed by atoms with van der Waals surface area (Å²) < 4.78 is 1.05. The monoisotopic (exact) mass is 249 g/mol. The summed E-state index contributed by atoms with van der Waals surface area (Å²) in [5.41, 5.74) is 0.933. The van der Waals surface area contributed by atoms with E-state index in [1.165, 1.54) is 11.3 Å². The maximum absolute atomic E-state index is 11.3.